The predicted molar refractivity (Wildman–Crippen MR) is 56.7 cm³/mol. The van der Waals surface area contributed by atoms with E-state index in [4.69, 9.17) is 10.5 Å². The number of nitrogens with two attached hydrogens (primary N) is 1. The molecule has 1 aromatic rings. The Morgan fingerprint density at radius 3 is 2.62 bits per heavy atom. The molecule has 16 heavy (non-hydrogen) atoms. The van der Waals surface area contributed by atoms with E-state index in [1.54, 1.807) is 6.92 Å². The molecule has 1 unspecified atom stereocenters. The highest BCUT2D eigenvalue weighted by atomic mass is 19.2. The van der Waals surface area contributed by atoms with Crippen molar-refractivity contribution in [1.82, 2.24) is 0 Å². The lowest BCUT2D eigenvalue weighted by atomic mass is 9.95. The normalized spacial score (nSPS) is 12.6. The van der Waals surface area contributed by atoms with Gasteiger partial charge in [-0.3, -0.25) is 0 Å². The summed E-state index contributed by atoms with van der Waals surface area (Å²) < 4.78 is 31.5. The lowest BCUT2D eigenvalue weighted by Gasteiger charge is -2.16. The minimum Gasteiger partial charge on any atom is -0.504 e. The van der Waals surface area contributed by atoms with Crippen LogP contribution in [0, 0.1) is 11.6 Å². The van der Waals surface area contributed by atoms with E-state index in [9.17, 15) is 13.9 Å². The zero-order chi connectivity index (χ0) is 12.3. The maximum Gasteiger partial charge on any atom is 0.166 e. The molecule has 3 N–H and O–H groups in total. The van der Waals surface area contributed by atoms with E-state index in [1.807, 2.05) is 0 Å². The fourth-order valence-corrected chi connectivity index (χ4v) is 1.61. The second-order valence-corrected chi connectivity index (χ2v) is 3.62. The molecule has 90 valence electrons. The van der Waals surface area contributed by atoms with Crippen LogP contribution in [0.4, 0.5) is 8.78 Å². The molecule has 0 aliphatic heterocycles. The molecule has 0 amide bonds. The Hall–Kier alpha value is -1.36. The minimum absolute atomic E-state index is 0.0715. The van der Waals surface area contributed by atoms with Crippen molar-refractivity contribution in [3.8, 4) is 11.5 Å². The van der Waals surface area contributed by atoms with Gasteiger partial charge in [-0.05, 0) is 18.9 Å². The van der Waals surface area contributed by atoms with Crippen LogP contribution in [0.3, 0.4) is 0 Å². The van der Waals surface area contributed by atoms with Gasteiger partial charge in [0.05, 0.1) is 7.11 Å². The third kappa shape index (κ3) is 2.24. The van der Waals surface area contributed by atoms with Gasteiger partial charge in [-0.25, -0.2) is 8.78 Å². The molecule has 0 saturated heterocycles. The number of aromatic hydroxyl groups is 1. The Morgan fingerprint density at radius 1 is 1.50 bits per heavy atom. The third-order valence-corrected chi connectivity index (χ3v) is 2.50. The fraction of sp³-hybridized carbons (Fsp3) is 0.455. The van der Waals surface area contributed by atoms with Crippen LogP contribution in [-0.4, -0.2) is 18.8 Å². The fourth-order valence-electron chi connectivity index (χ4n) is 1.61. The maximum atomic E-state index is 13.5. The van der Waals surface area contributed by atoms with Gasteiger partial charge in [0.2, 0.25) is 0 Å². The number of phenolic OH excluding ortho intramolecular Hbond substituents is 1. The van der Waals surface area contributed by atoms with Gasteiger partial charge >= 0.3 is 0 Å². The number of halogens is 2. The van der Waals surface area contributed by atoms with Gasteiger partial charge in [0.1, 0.15) is 0 Å². The largest absolute Gasteiger partial charge is 0.504 e. The Morgan fingerprint density at radius 2 is 2.12 bits per heavy atom. The first-order valence-corrected chi connectivity index (χ1v) is 4.97. The summed E-state index contributed by atoms with van der Waals surface area (Å²) in [4.78, 5) is 0. The molecule has 0 spiro atoms. The highest BCUT2D eigenvalue weighted by molar-refractivity contribution is 5.48. The van der Waals surface area contributed by atoms with Crippen molar-refractivity contribution in [2.45, 2.75) is 19.3 Å². The number of methoxy groups -OCH3 is 1. The molecule has 0 fully saturated rings. The molecule has 0 aliphatic rings. The summed E-state index contributed by atoms with van der Waals surface area (Å²) >= 11 is 0. The minimum atomic E-state index is -1.04. The van der Waals surface area contributed by atoms with E-state index in [0.29, 0.717) is 13.0 Å². The van der Waals surface area contributed by atoms with Crippen molar-refractivity contribution in [1.29, 1.82) is 0 Å². The van der Waals surface area contributed by atoms with Gasteiger partial charge in [-0.15, -0.1) is 0 Å². The van der Waals surface area contributed by atoms with Crippen LogP contribution < -0.4 is 10.5 Å². The first-order valence-electron chi connectivity index (χ1n) is 4.97. The zero-order valence-corrected chi connectivity index (χ0v) is 9.26. The quantitative estimate of drug-likeness (QED) is 0.834. The van der Waals surface area contributed by atoms with E-state index in [2.05, 4.69) is 0 Å². The molecule has 1 atom stereocenters. The van der Waals surface area contributed by atoms with E-state index in [1.165, 1.54) is 7.11 Å². The summed E-state index contributed by atoms with van der Waals surface area (Å²) in [7, 11) is 1.28. The maximum absolute atomic E-state index is 13.5. The van der Waals surface area contributed by atoms with Gasteiger partial charge in [0, 0.05) is 11.6 Å². The lowest BCUT2D eigenvalue weighted by Crippen LogP contribution is -2.08. The first-order chi connectivity index (χ1) is 7.52. The van der Waals surface area contributed by atoms with Crippen LogP contribution in [0.15, 0.2) is 6.07 Å². The highest BCUT2D eigenvalue weighted by Crippen LogP contribution is 2.38. The summed E-state index contributed by atoms with van der Waals surface area (Å²) in [6.45, 7) is 2.00. The molecule has 0 heterocycles. The van der Waals surface area contributed by atoms with E-state index in [0.717, 1.165) is 6.07 Å². The number of phenols is 1. The Bertz CT molecular complexity index is 383. The molecule has 3 nitrogen and oxygen atoms in total. The van der Waals surface area contributed by atoms with Gasteiger partial charge in [0.25, 0.3) is 0 Å². The van der Waals surface area contributed by atoms with Crippen molar-refractivity contribution in [3.05, 3.63) is 23.3 Å². The smallest absolute Gasteiger partial charge is 0.166 e. The molecular formula is C11H15F2NO2. The van der Waals surface area contributed by atoms with Crippen molar-refractivity contribution >= 4 is 0 Å². The van der Waals surface area contributed by atoms with Gasteiger partial charge in [0.15, 0.2) is 23.1 Å². The second kappa shape index (κ2) is 5.12. The zero-order valence-electron chi connectivity index (χ0n) is 9.26. The molecule has 0 aromatic heterocycles. The monoisotopic (exact) mass is 231 g/mol. The van der Waals surface area contributed by atoms with Crippen LogP contribution >= 0.6 is 0 Å². The number of rotatable bonds is 4. The van der Waals surface area contributed by atoms with Crippen molar-refractivity contribution in [2.75, 3.05) is 13.7 Å². The summed E-state index contributed by atoms with van der Waals surface area (Å²) in [6.07, 6.45) is 0.455. The summed E-state index contributed by atoms with van der Waals surface area (Å²) in [5, 5.41) is 9.72. The van der Waals surface area contributed by atoms with Crippen molar-refractivity contribution in [3.63, 3.8) is 0 Å². The van der Waals surface area contributed by atoms with Crippen molar-refractivity contribution < 1.29 is 18.6 Å². The van der Waals surface area contributed by atoms with E-state index in [-0.39, 0.29) is 23.0 Å². The van der Waals surface area contributed by atoms with E-state index >= 15 is 0 Å². The molecule has 1 aromatic carbocycles. The Kier molecular flexibility index (Phi) is 4.06. The first kappa shape index (κ1) is 12.7. The molecule has 0 saturated carbocycles. The molecule has 0 aliphatic carbocycles. The average molecular weight is 231 g/mol. The van der Waals surface area contributed by atoms with Crippen LogP contribution in [0.5, 0.6) is 11.5 Å². The van der Waals surface area contributed by atoms with E-state index < -0.39 is 11.6 Å². The molecule has 1 rings (SSSR count). The van der Waals surface area contributed by atoms with Crippen molar-refractivity contribution in [2.24, 2.45) is 5.73 Å². The second-order valence-electron chi connectivity index (χ2n) is 3.62. The summed E-state index contributed by atoms with van der Waals surface area (Å²) in [6, 6.07) is 0.823. The Balaban J connectivity index is 3.29. The number of benzene rings is 1. The van der Waals surface area contributed by atoms with Gasteiger partial charge in [-0.2, -0.15) is 0 Å². The summed E-state index contributed by atoms with van der Waals surface area (Å²) in [5.74, 6) is -2.87. The molecule has 0 bridgehead atoms. The number of ether oxygens (including phenoxy) is 1. The summed E-state index contributed by atoms with van der Waals surface area (Å²) in [5.41, 5.74) is 5.27. The Labute approximate surface area is 92.8 Å². The van der Waals surface area contributed by atoms with Gasteiger partial charge in [-0.1, -0.05) is 6.92 Å². The van der Waals surface area contributed by atoms with Crippen LogP contribution in [0.2, 0.25) is 0 Å². The van der Waals surface area contributed by atoms with Gasteiger partial charge < -0.3 is 15.6 Å². The third-order valence-electron chi connectivity index (χ3n) is 2.50. The highest BCUT2D eigenvalue weighted by Gasteiger charge is 2.22. The average Bonchev–Trinajstić information content (AvgIpc) is 2.24. The molecule has 5 heteroatoms. The lowest BCUT2D eigenvalue weighted by molar-refractivity contribution is 0.355. The number of hydrogen-bond acceptors (Lipinski definition) is 3. The van der Waals surface area contributed by atoms with Crippen LogP contribution in [0.25, 0.3) is 0 Å². The SMILES string of the molecule is COc1cc(F)c(F)c(C(C)CCN)c1O. The predicted octanol–water partition coefficient (Wildman–Crippen LogP) is 2.13. The van der Waals surface area contributed by atoms with Crippen LogP contribution in [0.1, 0.15) is 24.8 Å². The molecular weight excluding hydrogens is 216 g/mol. The molecule has 0 radical (unpaired) electrons. The van der Waals surface area contributed by atoms with Crippen LogP contribution in [-0.2, 0) is 0 Å². The standard InChI is InChI=1S/C11H15F2NO2/c1-6(3-4-14)9-10(13)7(12)5-8(16-2)11(9)15/h5-6,15H,3-4,14H2,1-2H3. The number of hydrogen-bond donors (Lipinski definition) is 2. The topological polar surface area (TPSA) is 55.5 Å².